The number of imidazole rings is 2. The standard InChI is InChI=1S/C25H25FN6O/c1-16-14-31(15-29-16)21-9-4-17(13-22(21)33-3)12-20-23(27)32-24(30-20)28-11-10-25(32,2)18-5-7-19(26)8-6-18/h4-9,12-15,27H,10-11H2,1-3H3,(H,28,30)/b20-12-,27-23?. The zero-order valence-electron chi connectivity index (χ0n) is 18.8. The van der Waals surface area contributed by atoms with Gasteiger partial charge >= 0.3 is 0 Å². The van der Waals surface area contributed by atoms with Crippen molar-refractivity contribution in [3.05, 3.63) is 94.1 Å². The smallest absolute Gasteiger partial charge is 0.205 e. The van der Waals surface area contributed by atoms with Crippen molar-refractivity contribution in [2.75, 3.05) is 13.7 Å². The van der Waals surface area contributed by atoms with E-state index in [9.17, 15) is 4.39 Å². The lowest BCUT2D eigenvalue weighted by molar-refractivity contribution is 0.319. The third kappa shape index (κ3) is 3.57. The molecule has 0 amide bonds. The van der Waals surface area contributed by atoms with Crippen LogP contribution in [-0.4, -0.2) is 32.8 Å². The second kappa shape index (κ2) is 7.88. The number of rotatable bonds is 4. The van der Waals surface area contributed by atoms with Crippen molar-refractivity contribution in [2.45, 2.75) is 25.8 Å². The zero-order chi connectivity index (χ0) is 23.2. The number of ether oxygens (including phenoxy) is 1. The van der Waals surface area contributed by atoms with Gasteiger partial charge in [-0.1, -0.05) is 18.2 Å². The van der Waals surface area contributed by atoms with Crippen LogP contribution in [-0.2, 0) is 5.54 Å². The first kappa shape index (κ1) is 20.9. The van der Waals surface area contributed by atoms with Gasteiger partial charge in [-0.05, 0) is 61.7 Å². The van der Waals surface area contributed by atoms with Gasteiger partial charge < -0.3 is 14.3 Å². The van der Waals surface area contributed by atoms with Crippen LogP contribution in [0.3, 0.4) is 0 Å². The molecule has 1 aliphatic rings. The molecule has 1 aliphatic heterocycles. The summed E-state index contributed by atoms with van der Waals surface area (Å²) >= 11 is 0. The first-order valence-electron chi connectivity index (χ1n) is 10.8. The quantitative estimate of drug-likeness (QED) is 0.507. The maximum absolute atomic E-state index is 13.5. The number of nitrogens with zero attached hydrogens (tertiary/aromatic N) is 4. The summed E-state index contributed by atoms with van der Waals surface area (Å²) in [6, 6.07) is 12.4. The van der Waals surface area contributed by atoms with Gasteiger partial charge in [0.1, 0.15) is 11.6 Å². The van der Waals surface area contributed by atoms with Crippen LogP contribution in [0.5, 0.6) is 5.75 Å². The molecule has 2 aromatic heterocycles. The van der Waals surface area contributed by atoms with E-state index in [0.29, 0.717) is 28.7 Å². The highest BCUT2D eigenvalue weighted by atomic mass is 19.1. The fourth-order valence-electron chi connectivity index (χ4n) is 4.45. The Labute approximate surface area is 190 Å². The minimum absolute atomic E-state index is 0.273. The van der Waals surface area contributed by atoms with Crippen LogP contribution in [0.15, 0.2) is 60.0 Å². The Kier molecular flexibility index (Phi) is 5.00. The summed E-state index contributed by atoms with van der Waals surface area (Å²) < 4.78 is 22.9. The number of benzene rings is 2. The normalized spacial score (nSPS) is 18.1. The highest BCUT2D eigenvalue weighted by Gasteiger charge is 2.33. The number of aromatic amines is 1. The molecular weight excluding hydrogens is 419 g/mol. The van der Waals surface area contributed by atoms with Crippen LogP contribution in [0.4, 0.5) is 4.39 Å². The predicted octanol–water partition coefficient (Wildman–Crippen LogP) is 2.55. The SMILES string of the molecule is COc1cc(/C=c2\[nH]c3n(c2=N)C(C)(c2ccc(F)cc2)CCN=3)ccc1-n1cnc(C)c1. The lowest BCUT2D eigenvalue weighted by atomic mass is 9.87. The van der Waals surface area contributed by atoms with Crippen molar-refractivity contribution in [3.63, 3.8) is 0 Å². The number of hydrogen-bond acceptors (Lipinski definition) is 4. The molecule has 3 heterocycles. The largest absolute Gasteiger partial charge is 0.495 e. The molecule has 7 nitrogen and oxygen atoms in total. The second-order valence-electron chi connectivity index (χ2n) is 8.46. The van der Waals surface area contributed by atoms with Crippen LogP contribution in [0.2, 0.25) is 0 Å². The van der Waals surface area contributed by atoms with Gasteiger partial charge in [-0.3, -0.25) is 15.0 Å². The summed E-state index contributed by atoms with van der Waals surface area (Å²) in [4.78, 5) is 12.2. The van der Waals surface area contributed by atoms with Crippen molar-refractivity contribution in [3.8, 4) is 11.4 Å². The molecule has 0 radical (unpaired) electrons. The molecule has 0 saturated heterocycles. The Bertz CT molecular complexity index is 1510. The van der Waals surface area contributed by atoms with Gasteiger partial charge in [0.25, 0.3) is 0 Å². The molecule has 5 rings (SSSR count). The lowest BCUT2D eigenvalue weighted by Crippen LogP contribution is -2.49. The monoisotopic (exact) mass is 444 g/mol. The van der Waals surface area contributed by atoms with Gasteiger partial charge in [-0.15, -0.1) is 0 Å². The molecule has 0 bridgehead atoms. The van der Waals surface area contributed by atoms with Crippen molar-refractivity contribution in [1.29, 1.82) is 5.41 Å². The minimum Gasteiger partial charge on any atom is -0.495 e. The Morgan fingerprint density at radius 2 is 2.00 bits per heavy atom. The number of aromatic nitrogens is 4. The second-order valence-corrected chi connectivity index (χ2v) is 8.46. The number of H-pyrrole nitrogens is 1. The third-order valence-corrected chi connectivity index (χ3v) is 6.26. The summed E-state index contributed by atoms with van der Waals surface area (Å²) in [7, 11) is 1.64. The Balaban J connectivity index is 1.61. The summed E-state index contributed by atoms with van der Waals surface area (Å²) in [6.45, 7) is 4.63. The summed E-state index contributed by atoms with van der Waals surface area (Å²) in [6.07, 6.45) is 6.34. The first-order valence-corrected chi connectivity index (χ1v) is 10.8. The average Bonchev–Trinajstić information content (AvgIpc) is 3.38. The number of hydrogen-bond donors (Lipinski definition) is 2. The van der Waals surface area contributed by atoms with Crippen LogP contribution < -0.4 is 21.2 Å². The molecule has 1 atom stereocenters. The molecule has 1 unspecified atom stereocenters. The first-order chi connectivity index (χ1) is 15.9. The zero-order valence-corrected chi connectivity index (χ0v) is 18.8. The van der Waals surface area contributed by atoms with Crippen LogP contribution in [0.25, 0.3) is 11.8 Å². The topological polar surface area (TPSA) is 84.0 Å². The van der Waals surface area contributed by atoms with E-state index in [4.69, 9.17) is 10.1 Å². The third-order valence-electron chi connectivity index (χ3n) is 6.26. The fraction of sp³-hybridized carbons (Fsp3) is 0.240. The van der Waals surface area contributed by atoms with E-state index in [1.54, 1.807) is 25.6 Å². The van der Waals surface area contributed by atoms with E-state index in [-0.39, 0.29) is 5.82 Å². The van der Waals surface area contributed by atoms with E-state index in [1.807, 2.05) is 46.5 Å². The van der Waals surface area contributed by atoms with E-state index in [2.05, 4.69) is 21.9 Å². The fourth-order valence-corrected chi connectivity index (χ4v) is 4.45. The van der Waals surface area contributed by atoms with Crippen LogP contribution >= 0.6 is 0 Å². The Morgan fingerprint density at radius 3 is 2.70 bits per heavy atom. The van der Waals surface area contributed by atoms with Gasteiger partial charge in [0, 0.05) is 12.7 Å². The van der Waals surface area contributed by atoms with Gasteiger partial charge in [-0.25, -0.2) is 9.37 Å². The molecule has 0 spiro atoms. The Morgan fingerprint density at radius 1 is 1.21 bits per heavy atom. The molecule has 0 aliphatic carbocycles. The summed E-state index contributed by atoms with van der Waals surface area (Å²) in [5.41, 5.74) is 4.13. The Hall–Kier alpha value is -3.94. The van der Waals surface area contributed by atoms with E-state index < -0.39 is 5.54 Å². The van der Waals surface area contributed by atoms with Gasteiger partial charge in [0.15, 0.2) is 5.49 Å². The molecule has 168 valence electrons. The average molecular weight is 445 g/mol. The van der Waals surface area contributed by atoms with Crippen molar-refractivity contribution >= 4 is 6.08 Å². The molecule has 0 fully saturated rings. The molecule has 33 heavy (non-hydrogen) atoms. The van der Waals surface area contributed by atoms with E-state index in [0.717, 1.165) is 28.9 Å². The number of halogens is 1. The highest BCUT2D eigenvalue weighted by molar-refractivity contribution is 5.57. The highest BCUT2D eigenvalue weighted by Crippen LogP contribution is 2.29. The van der Waals surface area contributed by atoms with Crippen molar-refractivity contribution in [1.82, 2.24) is 19.1 Å². The van der Waals surface area contributed by atoms with Crippen LogP contribution in [0.1, 0.15) is 30.2 Å². The van der Waals surface area contributed by atoms with E-state index in [1.165, 1.54) is 12.1 Å². The summed E-state index contributed by atoms with van der Waals surface area (Å²) in [5.74, 6) is 0.433. The van der Waals surface area contributed by atoms with Crippen LogP contribution in [0, 0.1) is 18.2 Å². The van der Waals surface area contributed by atoms with Crippen molar-refractivity contribution < 1.29 is 9.13 Å². The molecule has 2 N–H and O–H groups in total. The molecule has 8 heteroatoms. The molecule has 2 aromatic carbocycles. The summed E-state index contributed by atoms with van der Waals surface area (Å²) in [5, 5.41) is 9.55. The van der Waals surface area contributed by atoms with E-state index >= 15 is 0 Å². The van der Waals surface area contributed by atoms with Crippen molar-refractivity contribution in [2.24, 2.45) is 4.99 Å². The maximum atomic E-state index is 13.5. The van der Waals surface area contributed by atoms with Gasteiger partial charge in [0.05, 0.1) is 35.7 Å². The number of methoxy groups -OCH3 is 1. The number of nitrogens with one attached hydrogen (secondary N) is 2. The number of fused-ring (bicyclic) bond motifs is 1. The van der Waals surface area contributed by atoms with Gasteiger partial charge in [-0.2, -0.15) is 0 Å². The lowest BCUT2D eigenvalue weighted by Gasteiger charge is -2.33. The minimum atomic E-state index is -0.495. The predicted molar refractivity (Wildman–Crippen MR) is 122 cm³/mol. The van der Waals surface area contributed by atoms with Gasteiger partial charge in [0.2, 0.25) is 5.62 Å². The molecule has 0 saturated carbocycles. The molecule has 4 aromatic rings. The number of aryl methyl sites for hydroxylation is 1. The maximum Gasteiger partial charge on any atom is 0.205 e. The molecular formula is C25H25FN6O.